The molecule has 1 heterocycles. The smallest absolute Gasteiger partial charge is 0.124 e. The maximum atomic E-state index is 9.57. The van der Waals surface area contributed by atoms with Gasteiger partial charge in [0, 0.05) is 31.1 Å². The van der Waals surface area contributed by atoms with Crippen LogP contribution in [0.5, 0.6) is 5.75 Å². The van der Waals surface area contributed by atoms with Crippen LogP contribution in [-0.2, 0) is 6.54 Å². The van der Waals surface area contributed by atoms with Crippen LogP contribution in [0, 0.1) is 0 Å². The number of hydrogen-bond acceptors (Lipinski definition) is 4. The molecule has 4 nitrogen and oxygen atoms in total. The lowest BCUT2D eigenvalue weighted by molar-refractivity contribution is 0.474. The van der Waals surface area contributed by atoms with Crippen LogP contribution < -0.4 is 5.32 Å². The van der Waals surface area contributed by atoms with E-state index in [2.05, 4.69) is 15.3 Å². The summed E-state index contributed by atoms with van der Waals surface area (Å²) in [4.78, 5) is 8.55. The van der Waals surface area contributed by atoms with Crippen molar-refractivity contribution in [3.8, 4) is 5.75 Å². The van der Waals surface area contributed by atoms with E-state index in [0.29, 0.717) is 0 Å². The fourth-order valence-corrected chi connectivity index (χ4v) is 1.77. The number of benzene rings is 1. The van der Waals surface area contributed by atoms with Gasteiger partial charge >= 0.3 is 0 Å². The average molecular weight is 269 g/mol. The third-order valence-electron chi connectivity index (χ3n) is 2.84. The van der Waals surface area contributed by atoms with E-state index in [1.807, 2.05) is 30.3 Å². The lowest BCUT2D eigenvalue weighted by Crippen LogP contribution is -2.16. The van der Waals surface area contributed by atoms with Gasteiger partial charge in [0.2, 0.25) is 0 Å². The molecule has 1 aromatic heterocycles. The predicted molar refractivity (Wildman–Crippen MR) is 81.1 cm³/mol. The maximum Gasteiger partial charge on any atom is 0.124 e. The van der Waals surface area contributed by atoms with Gasteiger partial charge in [0.15, 0.2) is 0 Å². The number of pyridine rings is 1. The van der Waals surface area contributed by atoms with Gasteiger partial charge in [0.05, 0.1) is 5.69 Å². The summed E-state index contributed by atoms with van der Waals surface area (Å²) in [5, 5.41) is 12.9. The minimum absolute atomic E-state index is 0.268. The third kappa shape index (κ3) is 4.82. The number of nitrogens with one attached hydrogen (secondary N) is 1. The normalized spacial score (nSPS) is 11.0. The van der Waals surface area contributed by atoms with Crippen molar-refractivity contribution in [3.05, 3.63) is 59.9 Å². The Morgan fingerprint density at radius 1 is 1.15 bits per heavy atom. The van der Waals surface area contributed by atoms with Crippen molar-refractivity contribution >= 4 is 6.21 Å². The molecule has 0 atom stereocenters. The van der Waals surface area contributed by atoms with Crippen LogP contribution in [0.4, 0.5) is 0 Å². The van der Waals surface area contributed by atoms with Crippen molar-refractivity contribution in [2.24, 2.45) is 4.99 Å². The molecule has 1 aromatic carbocycles. The van der Waals surface area contributed by atoms with E-state index in [-0.39, 0.29) is 5.75 Å². The van der Waals surface area contributed by atoms with Crippen LogP contribution in [-0.4, -0.2) is 29.4 Å². The first-order valence-electron chi connectivity index (χ1n) is 6.75. The maximum absolute atomic E-state index is 9.57. The van der Waals surface area contributed by atoms with E-state index in [0.717, 1.165) is 37.3 Å². The molecule has 0 bridgehead atoms. The Kier molecular flexibility index (Phi) is 5.73. The van der Waals surface area contributed by atoms with Gasteiger partial charge in [-0.05, 0) is 37.2 Å². The zero-order chi connectivity index (χ0) is 14.0. The zero-order valence-electron chi connectivity index (χ0n) is 11.4. The van der Waals surface area contributed by atoms with Crippen LogP contribution >= 0.6 is 0 Å². The van der Waals surface area contributed by atoms with Crippen molar-refractivity contribution in [2.75, 3.05) is 13.1 Å². The van der Waals surface area contributed by atoms with Crippen LogP contribution in [0.3, 0.4) is 0 Å². The van der Waals surface area contributed by atoms with Crippen LogP contribution in [0.2, 0.25) is 0 Å². The van der Waals surface area contributed by atoms with Gasteiger partial charge in [0.1, 0.15) is 5.75 Å². The van der Waals surface area contributed by atoms with E-state index in [1.54, 1.807) is 24.5 Å². The van der Waals surface area contributed by atoms with Gasteiger partial charge in [0.25, 0.3) is 0 Å². The molecule has 0 radical (unpaired) electrons. The standard InChI is InChI=1S/C16H19N3O/c20-16-8-2-1-6-14(16)12-17-9-5-10-18-13-15-7-3-4-11-19-15/h1-4,6-8,11-12,18,20H,5,9-10,13H2. The monoisotopic (exact) mass is 269 g/mol. The molecule has 0 aliphatic carbocycles. The molecule has 2 aromatic rings. The summed E-state index contributed by atoms with van der Waals surface area (Å²) in [7, 11) is 0. The Bertz CT molecular complexity index is 540. The zero-order valence-corrected chi connectivity index (χ0v) is 11.4. The number of phenolic OH excluding ortho intramolecular Hbond substituents is 1. The highest BCUT2D eigenvalue weighted by Crippen LogP contribution is 2.12. The van der Waals surface area contributed by atoms with Crippen molar-refractivity contribution in [1.82, 2.24) is 10.3 Å². The highest BCUT2D eigenvalue weighted by atomic mass is 16.3. The second-order valence-electron chi connectivity index (χ2n) is 4.45. The van der Waals surface area contributed by atoms with E-state index in [9.17, 15) is 5.11 Å². The first kappa shape index (κ1) is 14.2. The van der Waals surface area contributed by atoms with Crippen molar-refractivity contribution in [1.29, 1.82) is 0 Å². The molecule has 104 valence electrons. The van der Waals surface area contributed by atoms with E-state index < -0.39 is 0 Å². The number of para-hydroxylation sites is 1. The molecule has 0 fully saturated rings. The number of rotatable bonds is 7. The lowest BCUT2D eigenvalue weighted by atomic mass is 10.2. The summed E-state index contributed by atoms with van der Waals surface area (Å²) in [6.07, 6.45) is 4.47. The summed E-state index contributed by atoms with van der Waals surface area (Å²) in [5.74, 6) is 0.268. The van der Waals surface area contributed by atoms with Gasteiger partial charge in [-0.2, -0.15) is 0 Å². The van der Waals surface area contributed by atoms with E-state index in [4.69, 9.17) is 0 Å². The number of hydrogen-bond donors (Lipinski definition) is 2. The average Bonchev–Trinajstić information content (AvgIpc) is 2.49. The van der Waals surface area contributed by atoms with Crippen molar-refractivity contribution in [3.63, 3.8) is 0 Å². The van der Waals surface area contributed by atoms with E-state index >= 15 is 0 Å². The molecule has 0 amide bonds. The minimum atomic E-state index is 0.268. The molecular formula is C16H19N3O. The number of aliphatic imine (C=N–C) groups is 1. The Morgan fingerprint density at radius 3 is 2.80 bits per heavy atom. The van der Waals surface area contributed by atoms with Gasteiger partial charge in [-0.1, -0.05) is 18.2 Å². The van der Waals surface area contributed by atoms with Crippen molar-refractivity contribution < 1.29 is 5.11 Å². The number of aromatic hydroxyl groups is 1. The molecule has 0 spiro atoms. The molecule has 0 aliphatic rings. The molecular weight excluding hydrogens is 250 g/mol. The lowest BCUT2D eigenvalue weighted by Gasteiger charge is -2.02. The molecule has 0 saturated carbocycles. The fourth-order valence-electron chi connectivity index (χ4n) is 1.77. The topological polar surface area (TPSA) is 57.5 Å². The van der Waals surface area contributed by atoms with Crippen LogP contribution in [0.25, 0.3) is 0 Å². The summed E-state index contributed by atoms with van der Waals surface area (Å²) in [6, 6.07) is 13.1. The van der Waals surface area contributed by atoms with Crippen molar-refractivity contribution in [2.45, 2.75) is 13.0 Å². The highest BCUT2D eigenvalue weighted by molar-refractivity contribution is 5.83. The summed E-state index contributed by atoms with van der Waals surface area (Å²) in [5.41, 5.74) is 1.80. The van der Waals surface area contributed by atoms with Gasteiger partial charge in [-0.15, -0.1) is 0 Å². The second kappa shape index (κ2) is 8.07. The second-order valence-corrected chi connectivity index (χ2v) is 4.45. The SMILES string of the molecule is Oc1ccccc1C=NCCCNCc1ccccn1. The molecule has 2 rings (SSSR count). The third-order valence-corrected chi connectivity index (χ3v) is 2.84. The fraction of sp³-hybridized carbons (Fsp3) is 0.250. The Hall–Kier alpha value is -2.20. The molecule has 0 saturated heterocycles. The Morgan fingerprint density at radius 2 is 2.00 bits per heavy atom. The number of nitrogens with zero attached hydrogens (tertiary/aromatic N) is 2. The first-order valence-corrected chi connectivity index (χ1v) is 6.75. The Labute approximate surface area is 119 Å². The van der Waals surface area contributed by atoms with Gasteiger partial charge in [-0.25, -0.2) is 0 Å². The minimum Gasteiger partial charge on any atom is -0.507 e. The number of phenols is 1. The summed E-state index contributed by atoms with van der Waals surface area (Å²) >= 11 is 0. The van der Waals surface area contributed by atoms with E-state index in [1.165, 1.54) is 0 Å². The van der Waals surface area contributed by atoms with Gasteiger partial charge in [-0.3, -0.25) is 9.98 Å². The van der Waals surface area contributed by atoms with Gasteiger partial charge < -0.3 is 10.4 Å². The molecule has 0 unspecified atom stereocenters. The highest BCUT2D eigenvalue weighted by Gasteiger charge is 1.94. The predicted octanol–water partition coefficient (Wildman–Crippen LogP) is 2.39. The van der Waals surface area contributed by atoms with Crippen LogP contribution in [0.1, 0.15) is 17.7 Å². The summed E-state index contributed by atoms with van der Waals surface area (Å²) < 4.78 is 0. The summed E-state index contributed by atoms with van der Waals surface area (Å²) in [6.45, 7) is 2.42. The largest absolute Gasteiger partial charge is 0.507 e. The molecule has 20 heavy (non-hydrogen) atoms. The molecule has 0 aliphatic heterocycles. The van der Waals surface area contributed by atoms with Crippen LogP contribution in [0.15, 0.2) is 53.7 Å². The Balaban J connectivity index is 1.61. The first-order chi connectivity index (χ1) is 9.86. The molecule has 4 heteroatoms. The molecule has 2 N–H and O–H groups in total. The number of aromatic nitrogens is 1. The quantitative estimate of drug-likeness (QED) is 0.599.